The summed E-state index contributed by atoms with van der Waals surface area (Å²) in [7, 11) is 1.55. The molecule has 2 N–H and O–H groups in total. The van der Waals surface area contributed by atoms with Gasteiger partial charge in [-0.2, -0.15) is 0 Å². The second-order valence-corrected chi connectivity index (χ2v) is 11.7. The number of rotatable bonds is 13. The number of amides is 1. The quantitative estimate of drug-likeness (QED) is 0.103. The lowest BCUT2D eigenvalue weighted by Crippen LogP contribution is -2.30. The van der Waals surface area contributed by atoms with Gasteiger partial charge >= 0.3 is 11.9 Å². The zero-order valence-electron chi connectivity index (χ0n) is 25.6. The molecule has 1 aliphatic heterocycles. The number of nitrogens with zero attached hydrogens (tertiary/aromatic N) is 1. The van der Waals surface area contributed by atoms with E-state index >= 15 is 0 Å². The Morgan fingerprint density at radius 3 is 2.53 bits per heavy atom. The number of nitrogens with one attached hydrogen (secondary N) is 2. The van der Waals surface area contributed by atoms with E-state index in [9.17, 15) is 14.4 Å². The maximum absolute atomic E-state index is 13.5. The molecule has 0 saturated carbocycles. The van der Waals surface area contributed by atoms with E-state index in [2.05, 4.69) is 27.3 Å². The number of methoxy groups -OCH3 is 1. The average molecular weight is 632 g/mol. The maximum Gasteiger partial charge on any atom is 0.345 e. The van der Waals surface area contributed by atoms with Crippen molar-refractivity contribution in [1.29, 1.82) is 0 Å². The van der Waals surface area contributed by atoms with Crippen molar-refractivity contribution in [2.45, 2.75) is 45.1 Å². The number of carbonyl (C=O) groups excluding carboxylic acids is 3. The predicted octanol–water partition coefficient (Wildman–Crippen LogP) is 6.18. The van der Waals surface area contributed by atoms with Gasteiger partial charge in [0.2, 0.25) is 5.91 Å². The van der Waals surface area contributed by atoms with Gasteiger partial charge in [-0.3, -0.25) is 14.5 Å². The molecule has 1 unspecified atom stereocenters. The standard InChI is InChI=1S/C35H38ClN3O6/c1-23-33(29-20-27(43-2)13-14-31(29)38-23)30(35(42)45-34(41)25-9-11-26(36)12-10-25)21-32(40)37-15-6-18-44-28-8-5-7-24(19-28)22-39-16-3-4-17-39/h5,7-14,19-20,30,38H,3-4,6,15-18,21-22H2,1-2H3,(H,37,40). The molecule has 0 aliphatic carbocycles. The van der Waals surface area contributed by atoms with Crippen LogP contribution in [0.1, 0.15) is 58.8 Å². The summed E-state index contributed by atoms with van der Waals surface area (Å²) < 4.78 is 16.6. The van der Waals surface area contributed by atoms with Gasteiger partial charge in [-0.25, -0.2) is 4.79 Å². The third-order valence-electron chi connectivity index (χ3n) is 7.95. The second kappa shape index (κ2) is 15.1. The molecule has 0 spiro atoms. The van der Waals surface area contributed by atoms with Gasteiger partial charge in [0.1, 0.15) is 11.5 Å². The van der Waals surface area contributed by atoms with E-state index in [4.69, 9.17) is 25.8 Å². The number of benzene rings is 3. The Kier molecular flexibility index (Phi) is 10.8. The number of hydrogen-bond acceptors (Lipinski definition) is 7. The van der Waals surface area contributed by atoms with Gasteiger partial charge in [-0.1, -0.05) is 23.7 Å². The summed E-state index contributed by atoms with van der Waals surface area (Å²) in [4.78, 5) is 45.2. The Hall–Kier alpha value is -4.34. The zero-order valence-corrected chi connectivity index (χ0v) is 26.3. The van der Waals surface area contributed by atoms with Crippen LogP contribution in [0.15, 0.2) is 66.7 Å². The second-order valence-electron chi connectivity index (χ2n) is 11.2. The highest BCUT2D eigenvalue weighted by Gasteiger charge is 2.31. The zero-order chi connectivity index (χ0) is 31.8. The van der Waals surface area contributed by atoms with E-state index in [1.54, 1.807) is 31.4 Å². The molecule has 1 saturated heterocycles. The smallest absolute Gasteiger partial charge is 0.345 e. The minimum Gasteiger partial charge on any atom is -0.497 e. The third-order valence-corrected chi connectivity index (χ3v) is 8.21. The molecule has 0 radical (unpaired) electrons. The first-order valence-corrected chi connectivity index (χ1v) is 15.6. The summed E-state index contributed by atoms with van der Waals surface area (Å²) in [6.45, 7) is 5.80. The summed E-state index contributed by atoms with van der Waals surface area (Å²) in [6.07, 6.45) is 2.87. The molecule has 1 atom stereocenters. The van der Waals surface area contributed by atoms with Crippen LogP contribution in [-0.2, 0) is 20.9 Å². The summed E-state index contributed by atoms with van der Waals surface area (Å²) in [5, 5.41) is 4.05. The van der Waals surface area contributed by atoms with Crippen molar-refractivity contribution in [1.82, 2.24) is 15.2 Å². The monoisotopic (exact) mass is 631 g/mol. The van der Waals surface area contributed by atoms with Gasteiger partial charge in [0.15, 0.2) is 0 Å². The molecular formula is C35H38ClN3O6. The Bertz CT molecular complexity index is 1650. The van der Waals surface area contributed by atoms with Crippen molar-refractivity contribution in [2.75, 3.05) is 33.4 Å². The number of esters is 2. The number of carbonyl (C=O) groups is 3. The van der Waals surface area contributed by atoms with E-state index in [0.29, 0.717) is 47.0 Å². The first kappa shape index (κ1) is 32.1. The minimum absolute atomic E-state index is 0.176. The molecule has 1 aromatic heterocycles. The molecule has 1 amide bonds. The molecule has 2 heterocycles. The van der Waals surface area contributed by atoms with Crippen LogP contribution in [0.4, 0.5) is 0 Å². The highest BCUT2D eigenvalue weighted by atomic mass is 35.5. The molecule has 1 aliphatic rings. The van der Waals surface area contributed by atoms with E-state index in [1.165, 1.54) is 30.5 Å². The fraction of sp³-hybridized carbons (Fsp3) is 0.343. The van der Waals surface area contributed by atoms with Crippen LogP contribution in [-0.4, -0.2) is 61.1 Å². The molecule has 0 bridgehead atoms. The normalized spacial score (nSPS) is 13.8. The molecular weight excluding hydrogens is 594 g/mol. The molecule has 3 aromatic carbocycles. The summed E-state index contributed by atoms with van der Waals surface area (Å²) in [5.74, 6) is -1.64. The Morgan fingerprint density at radius 2 is 1.78 bits per heavy atom. The lowest BCUT2D eigenvalue weighted by atomic mass is 9.92. The SMILES string of the molecule is COc1ccc2[nH]c(C)c(C(CC(=O)NCCCOc3cccc(CN4CCCC4)c3)C(=O)OC(=O)c3ccc(Cl)cc3)c2c1. The topological polar surface area (TPSA) is 110 Å². The Morgan fingerprint density at radius 1 is 1.00 bits per heavy atom. The van der Waals surface area contributed by atoms with Crippen LogP contribution < -0.4 is 14.8 Å². The van der Waals surface area contributed by atoms with Crippen LogP contribution >= 0.6 is 11.6 Å². The number of fused-ring (bicyclic) bond motifs is 1. The van der Waals surface area contributed by atoms with Crippen LogP contribution in [0.5, 0.6) is 11.5 Å². The minimum atomic E-state index is -1.04. The molecule has 4 aromatic rings. The molecule has 1 fully saturated rings. The maximum atomic E-state index is 13.5. The van der Waals surface area contributed by atoms with Crippen molar-refractivity contribution in [3.63, 3.8) is 0 Å². The number of aromatic nitrogens is 1. The van der Waals surface area contributed by atoms with Gasteiger partial charge in [-0.05, 0) is 105 Å². The van der Waals surface area contributed by atoms with Crippen molar-refractivity contribution < 1.29 is 28.6 Å². The fourth-order valence-electron chi connectivity index (χ4n) is 5.69. The Balaban J connectivity index is 1.22. The third kappa shape index (κ3) is 8.44. The summed E-state index contributed by atoms with van der Waals surface area (Å²) in [5.41, 5.74) is 3.43. The highest BCUT2D eigenvalue weighted by Crippen LogP contribution is 2.34. The number of aromatic amines is 1. The molecule has 9 nitrogen and oxygen atoms in total. The largest absolute Gasteiger partial charge is 0.497 e. The predicted molar refractivity (Wildman–Crippen MR) is 173 cm³/mol. The van der Waals surface area contributed by atoms with Crippen LogP contribution in [0.3, 0.4) is 0 Å². The molecule has 10 heteroatoms. The summed E-state index contributed by atoms with van der Waals surface area (Å²) in [6, 6.07) is 19.6. The molecule has 45 heavy (non-hydrogen) atoms. The number of halogens is 1. The van der Waals surface area contributed by atoms with E-state index in [0.717, 1.165) is 30.9 Å². The lowest BCUT2D eigenvalue weighted by molar-refractivity contribution is -0.141. The van der Waals surface area contributed by atoms with Gasteiger partial charge in [-0.15, -0.1) is 0 Å². The van der Waals surface area contributed by atoms with Crippen molar-refractivity contribution in [3.8, 4) is 11.5 Å². The summed E-state index contributed by atoms with van der Waals surface area (Å²) >= 11 is 5.94. The van der Waals surface area contributed by atoms with Crippen LogP contribution in [0.2, 0.25) is 5.02 Å². The number of aryl methyl sites for hydroxylation is 1. The van der Waals surface area contributed by atoms with Crippen molar-refractivity contribution >= 4 is 40.3 Å². The molecule has 236 valence electrons. The van der Waals surface area contributed by atoms with Crippen molar-refractivity contribution in [3.05, 3.63) is 94.1 Å². The molecule has 5 rings (SSSR count). The van der Waals surface area contributed by atoms with Crippen LogP contribution in [0.25, 0.3) is 10.9 Å². The Labute approximate surface area is 267 Å². The number of likely N-dealkylation sites (tertiary alicyclic amines) is 1. The van der Waals surface area contributed by atoms with E-state index < -0.39 is 17.9 Å². The van der Waals surface area contributed by atoms with Gasteiger partial charge in [0, 0.05) is 41.1 Å². The van der Waals surface area contributed by atoms with Gasteiger partial charge < -0.3 is 24.5 Å². The fourth-order valence-corrected chi connectivity index (χ4v) is 5.82. The van der Waals surface area contributed by atoms with E-state index in [-0.39, 0.29) is 17.9 Å². The van der Waals surface area contributed by atoms with Crippen molar-refractivity contribution in [2.24, 2.45) is 0 Å². The highest BCUT2D eigenvalue weighted by molar-refractivity contribution is 6.30. The number of H-pyrrole nitrogens is 1. The van der Waals surface area contributed by atoms with E-state index in [1.807, 2.05) is 25.1 Å². The lowest BCUT2D eigenvalue weighted by Gasteiger charge is -2.17. The first-order chi connectivity index (χ1) is 21.8. The van der Waals surface area contributed by atoms with Gasteiger partial charge in [0.25, 0.3) is 0 Å². The number of ether oxygens (including phenoxy) is 3. The van der Waals surface area contributed by atoms with Crippen LogP contribution in [0, 0.1) is 6.92 Å². The number of hydrogen-bond donors (Lipinski definition) is 2. The first-order valence-electron chi connectivity index (χ1n) is 15.2. The van der Waals surface area contributed by atoms with Gasteiger partial charge in [0.05, 0.1) is 25.2 Å². The average Bonchev–Trinajstić information content (AvgIpc) is 3.66.